The van der Waals surface area contributed by atoms with Crippen molar-refractivity contribution in [1.82, 2.24) is 4.90 Å². The van der Waals surface area contributed by atoms with Crippen LogP contribution in [-0.2, 0) is 14.3 Å². The number of ether oxygens (including phenoxy) is 2. The minimum atomic E-state index is -0.733. The number of nitrogens with zero attached hydrogens (tertiary/aromatic N) is 1. The largest absolute Gasteiger partial charge is 0.444 e. The van der Waals surface area contributed by atoms with Gasteiger partial charge >= 0.3 is 12.1 Å². The summed E-state index contributed by atoms with van der Waals surface area (Å²) in [5.41, 5.74) is -1.30. The van der Waals surface area contributed by atoms with Crippen LogP contribution in [0.25, 0.3) is 0 Å². The molecule has 1 atom stereocenters. The monoisotopic (exact) mass is 271 g/mol. The Morgan fingerprint density at radius 2 is 1.95 bits per heavy atom. The molecule has 5 nitrogen and oxygen atoms in total. The lowest BCUT2D eigenvalue weighted by Gasteiger charge is -2.46. The van der Waals surface area contributed by atoms with Gasteiger partial charge in [-0.2, -0.15) is 0 Å². The number of cyclic esters (lactones) is 1. The van der Waals surface area contributed by atoms with Gasteiger partial charge in [0.25, 0.3) is 0 Å². The molecule has 1 saturated heterocycles. The summed E-state index contributed by atoms with van der Waals surface area (Å²) in [7, 11) is 0. The molecule has 1 heterocycles. The van der Waals surface area contributed by atoms with Crippen LogP contribution in [0.4, 0.5) is 4.79 Å². The highest BCUT2D eigenvalue weighted by Crippen LogP contribution is 2.36. The molecule has 0 aromatic heterocycles. The normalized spacial score (nSPS) is 23.3. The molecule has 0 unspecified atom stereocenters. The van der Waals surface area contributed by atoms with Gasteiger partial charge in [0.15, 0.2) is 6.73 Å². The summed E-state index contributed by atoms with van der Waals surface area (Å²) >= 11 is 0. The molecule has 19 heavy (non-hydrogen) atoms. The Labute approximate surface area is 115 Å². The third-order valence-corrected chi connectivity index (χ3v) is 3.20. The van der Waals surface area contributed by atoms with Gasteiger partial charge in [0.2, 0.25) is 0 Å². The first-order chi connectivity index (χ1) is 8.47. The van der Waals surface area contributed by atoms with Crippen LogP contribution >= 0.6 is 0 Å². The number of hydrogen-bond donors (Lipinski definition) is 0. The van der Waals surface area contributed by atoms with E-state index in [4.69, 9.17) is 9.47 Å². The topological polar surface area (TPSA) is 55.8 Å². The number of carbonyl (C=O) groups excluding carboxylic acids is 2. The van der Waals surface area contributed by atoms with Crippen molar-refractivity contribution in [1.29, 1.82) is 0 Å². The number of esters is 1. The molecule has 0 radical (unpaired) electrons. The zero-order chi connectivity index (χ0) is 15.0. The first-order valence-electron chi connectivity index (χ1n) is 6.63. The third-order valence-electron chi connectivity index (χ3n) is 3.20. The average Bonchev–Trinajstić information content (AvgIpc) is 2.18. The van der Waals surface area contributed by atoms with Crippen LogP contribution in [0.2, 0.25) is 0 Å². The predicted molar refractivity (Wildman–Crippen MR) is 71.4 cm³/mol. The van der Waals surface area contributed by atoms with E-state index in [1.54, 1.807) is 13.8 Å². The molecule has 0 aromatic carbocycles. The van der Waals surface area contributed by atoms with Crippen molar-refractivity contribution in [3.05, 3.63) is 0 Å². The van der Waals surface area contributed by atoms with E-state index in [9.17, 15) is 9.59 Å². The summed E-state index contributed by atoms with van der Waals surface area (Å²) < 4.78 is 10.5. The van der Waals surface area contributed by atoms with E-state index in [2.05, 4.69) is 0 Å². The number of amides is 1. The van der Waals surface area contributed by atoms with E-state index in [1.165, 1.54) is 4.90 Å². The molecule has 0 spiro atoms. The molecule has 0 N–H and O–H groups in total. The lowest BCUT2D eigenvalue weighted by molar-refractivity contribution is -0.180. The lowest BCUT2D eigenvalue weighted by atomic mass is 9.77. The van der Waals surface area contributed by atoms with Gasteiger partial charge in [-0.1, -0.05) is 13.8 Å². The second-order valence-corrected chi connectivity index (χ2v) is 6.92. The Bertz CT molecular complexity index is 368. The van der Waals surface area contributed by atoms with Gasteiger partial charge in [-0.05, 0) is 40.5 Å². The van der Waals surface area contributed by atoms with Crippen molar-refractivity contribution in [3.63, 3.8) is 0 Å². The maximum atomic E-state index is 12.2. The molecule has 0 aliphatic carbocycles. The van der Waals surface area contributed by atoms with E-state index >= 15 is 0 Å². The molecule has 110 valence electrons. The molecule has 1 amide bonds. The Morgan fingerprint density at radius 3 is 2.37 bits per heavy atom. The highest BCUT2D eigenvalue weighted by atomic mass is 16.6. The summed E-state index contributed by atoms with van der Waals surface area (Å²) in [6.45, 7) is 13.0. The summed E-state index contributed by atoms with van der Waals surface area (Å²) in [4.78, 5) is 25.6. The number of rotatable bonds is 1. The molecule has 0 aromatic rings. The van der Waals surface area contributed by atoms with Crippen LogP contribution in [0.5, 0.6) is 0 Å². The van der Waals surface area contributed by atoms with Gasteiger partial charge in [-0.3, -0.25) is 9.69 Å². The maximum Gasteiger partial charge on any atom is 0.413 e. The van der Waals surface area contributed by atoms with E-state index in [0.717, 1.165) is 0 Å². The zero-order valence-electron chi connectivity index (χ0n) is 12.9. The second kappa shape index (κ2) is 5.02. The minimum Gasteiger partial charge on any atom is -0.444 e. The van der Waals surface area contributed by atoms with Crippen molar-refractivity contribution < 1.29 is 19.1 Å². The Hall–Kier alpha value is -1.26. The van der Waals surface area contributed by atoms with Gasteiger partial charge in [-0.25, -0.2) is 4.79 Å². The van der Waals surface area contributed by atoms with Crippen LogP contribution in [0.1, 0.15) is 48.5 Å². The second-order valence-electron chi connectivity index (χ2n) is 6.92. The third kappa shape index (κ3) is 3.39. The summed E-state index contributed by atoms with van der Waals surface area (Å²) in [5, 5.41) is 0. The van der Waals surface area contributed by atoms with Gasteiger partial charge in [0.05, 0.1) is 11.5 Å². The van der Waals surface area contributed by atoms with Crippen LogP contribution in [0.15, 0.2) is 0 Å². The van der Waals surface area contributed by atoms with Crippen molar-refractivity contribution in [2.45, 2.75) is 60.1 Å². The molecule has 1 aliphatic rings. The van der Waals surface area contributed by atoms with Crippen LogP contribution in [-0.4, -0.2) is 35.3 Å². The Balaban J connectivity index is 2.99. The van der Waals surface area contributed by atoms with Crippen LogP contribution < -0.4 is 0 Å². The Morgan fingerprint density at radius 1 is 1.42 bits per heavy atom. The van der Waals surface area contributed by atoms with Crippen molar-refractivity contribution >= 4 is 12.1 Å². The molecule has 0 saturated carbocycles. The van der Waals surface area contributed by atoms with Crippen molar-refractivity contribution in [3.8, 4) is 0 Å². The van der Waals surface area contributed by atoms with Gasteiger partial charge in [-0.15, -0.1) is 0 Å². The molecular formula is C14H25NO4. The number of hydrogen-bond acceptors (Lipinski definition) is 4. The lowest BCUT2D eigenvalue weighted by Crippen LogP contribution is -2.60. The molecule has 0 bridgehead atoms. The van der Waals surface area contributed by atoms with Crippen LogP contribution in [0, 0.1) is 11.3 Å². The summed E-state index contributed by atoms with van der Waals surface area (Å²) in [6, 6.07) is -0.233. The van der Waals surface area contributed by atoms with Crippen LogP contribution in [0.3, 0.4) is 0 Å². The fourth-order valence-electron chi connectivity index (χ4n) is 2.58. The highest BCUT2D eigenvalue weighted by Gasteiger charge is 2.49. The zero-order valence-corrected chi connectivity index (χ0v) is 12.9. The SMILES string of the molecule is CC(C)[C@@H]1N(C(=O)OC(C)(C)C)COC(=O)C1(C)C. The first-order valence-corrected chi connectivity index (χ1v) is 6.63. The van der Waals surface area contributed by atoms with Gasteiger partial charge in [0, 0.05) is 0 Å². The van der Waals surface area contributed by atoms with E-state index in [1.807, 2.05) is 34.6 Å². The predicted octanol–water partition coefficient (Wildman–Crippen LogP) is 2.79. The van der Waals surface area contributed by atoms with E-state index in [0.29, 0.717) is 0 Å². The van der Waals surface area contributed by atoms with Gasteiger partial charge in [0.1, 0.15) is 5.60 Å². The average molecular weight is 271 g/mol. The van der Waals surface area contributed by atoms with E-state index < -0.39 is 17.1 Å². The van der Waals surface area contributed by atoms with Crippen molar-refractivity contribution in [2.24, 2.45) is 11.3 Å². The maximum absolute atomic E-state index is 12.2. The molecule has 1 fully saturated rings. The molecular weight excluding hydrogens is 246 g/mol. The molecule has 1 rings (SSSR count). The Kier molecular flexibility index (Phi) is 4.17. The minimum absolute atomic E-state index is 0.0416. The molecule has 1 aliphatic heterocycles. The summed E-state index contributed by atoms with van der Waals surface area (Å²) in [5.74, 6) is -0.138. The molecule has 5 heteroatoms. The first kappa shape index (κ1) is 15.8. The van der Waals surface area contributed by atoms with Crippen molar-refractivity contribution in [2.75, 3.05) is 6.73 Å². The number of carbonyl (C=O) groups is 2. The smallest absolute Gasteiger partial charge is 0.413 e. The highest BCUT2D eigenvalue weighted by molar-refractivity contribution is 5.80. The summed E-state index contributed by atoms with van der Waals surface area (Å²) in [6.07, 6.45) is -0.438. The van der Waals surface area contributed by atoms with E-state index in [-0.39, 0.29) is 24.7 Å². The standard InChI is InChI=1S/C14H25NO4/c1-9(2)10-14(6,7)11(16)18-8-15(10)12(17)19-13(3,4)5/h9-10H,8H2,1-7H3/t10-/m0/s1. The fourth-order valence-corrected chi connectivity index (χ4v) is 2.58. The fraction of sp³-hybridized carbons (Fsp3) is 0.857. The quantitative estimate of drug-likeness (QED) is 0.688. The van der Waals surface area contributed by atoms with Gasteiger partial charge < -0.3 is 9.47 Å².